The molecule has 1 aliphatic heterocycles. The van der Waals surface area contributed by atoms with E-state index in [1.807, 2.05) is 17.0 Å². The summed E-state index contributed by atoms with van der Waals surface area (Å²) in [6.45, 7) is 2.14. The summed E-state index contributed by atoms with van der Waals surface area (Å²) >= 11 is 0. The minimum absolute atomic E-state index is 0.0293. The lowest BCUT2D eigenvalue weighted by Crippen LogP contribution is -2.36. The molecule has 10 nitrogen and oxygen atoms in total. The Labute approximate surface area is 205 Å². The molecule has 0 unspecified atom stereocenters. The van der Waals surface area contributed by atoms with E-state index < -0.39 is 10.8 Å². The van der Waals surface area contributed by atoms with E-state index in [4.69, 9.17) is 4.74 Å². The maximum Gasteiger partial charge on any atom is 0.293 e. The summed E-state index contributed by atoms with van der Waals surface area (Å²) in [6.07, 6.45) is 1.37. The highest BCUT2D eigenvalue weighted by atomic mass is 16.6. The Balaban J connectivity index is 1.36. The third kappa shape index (κ3) is 4.53. The summed E-state index contributed by atoms with van der Waals surface area (Å²) < 4.78 is 7.10. The number of nitro groups is 1. The van der Waals surface area contributed by atoms with E-state index >= 15 is 0 Å². The second-order valence-corrected chi connectivity index (χ2v) is 8.35. The molecular weight excluding hydrogens is 462 g/mol. The van der Waals surface area contributed by atoms with Crippen LogP contribution < -0.4 is 15.8 Å². The van der Waals surface area contributed by atoms with Crippen molar-refractivity contribution < 1.29 is 14.5 Å². The Hall–Kier alpha value is -4.57. The topological polar surface area (TPSA) is 119 Å². The smallest absolute Gasteiger partial charge is 0.293 e. The Morgan fingerprint density at radius 1 is 1.03 bits per heavy atom. The van der Waals surface area contributed by atoms with Crippen molar-refractivity contribution in [3.05, 3.63) is 92.6 Å². The number of anilines is 1. The van der Waals surface area contributed by atoms with Gasteiger partial charge in [-0.2, -0.15) is 5.10 Å². The van der Waals surface area contributed by atoms with E-state index in [1.165, 1.54) is 12.3 Å². The molecule has 182 valence electrons. The van der Waals surface area contributed by atoms with Crippen LogP contribution in [0.1, 0.15) is 5.56 Å². The zero-order valence-corrected chi connectivity index (χ0v) is 19.3. The number of rotatable bonds is 6. The standard InChI is InChI=1S/C26H23N5O5/c32-25(17-30-21-7-3-1-5-19(21)26(33)20-6-2-4-8-22(20)30)28-27-16-18-9-10-23(24(15-18)31(34)35)29-11-13-36-14-12-29/h1-10,15-16H,11-14,17H2,(H,28,32)/b27-16+. The number of nitrogens with zero attached hydrogens (tertiary/aromatic N) is 4. The van der Waals surface area contributed by atoms with Crippen molar-refractivity contribution in [3.8, 4) is 0 Å². The van der Waals surface area contributed by atoms with Crippen molar-refractivity contribution in [2.75, 3.05) is 31.2 Å². The lowest BCUT2D eigenvalue weighted by atomic mass is 10.1. The molecule has 10 heteroatoms. The molecule has 1 N–H and O–H groups in total. The van der Waals surface area contributed by atoms with E-state index in [2.05, 4.69) is 10.5 Å². The van der Waals surface area contributed by atoms with E-state index in [9.17, 15) is 19.7 Å². The molecule has 1 aliphatic rings. The summed E-state index contributed by atoms with van der Waals surface area (Å²) in [5, 5.41) is 16.7. The van der Waals surface area contributed by atoms with Crippen molar-refractivity contribution >= 4 is 45.3 Å². The molecule has 1 amide bonds. The van der Waals surface area contributed by atoms with Gasteiger partial charge >= 0.3 is 0 Å². The number of amides is 1. The summed E-state index contributed by atoms with van der Waals surface area (Å²) in [5.41, 5.74) is 4.68. The molecule has 0 radical (unpaired) electrons. The van der Waals surface area contributed by atoms with Crippen LogP contribution in [0.4, 0.5) is 11.4 Å². The number of para-hydroxylation sites is 2. The molecule has 0 aliphatic carbocycles. The monoisotopic (exact) mass is 485 g/mol. The molecule has 0 atom stereocenters. The first-order valence-electron chi connectivity index (χ1n) is 11.5. The number of aromatic nitrogens is 1. The predicted octanol–water partition coefficient (Wildman–Crippen LogP) is 3.05. The van der Waals surface area contributed by atoms with Gasteiger partial charge in [-0.3, -0.25) is 19.7 Å². The first-order valence-corrected chi connectivity index (χ1v) is 11.5. The number of hydrogen-bond donors (Lipinski definition) is 1. The van der Waals surface area contributed by atoms with Crippen molar-refractivity contribution in [3.63, 3.8) is 0 Å². The fraction of sp³-hybridized carbons (Fsp3) is 0.192. The van der Waals surface area contributed by atoms with Crippen LogP contribution in [0, 0.1) is 10.1 Å². The third-order valence-corrected chi connectivity index (χ3v) is 6.13. The molecule has 0 bridgehead atoms. The maximum atomic E-state index is 12.9. The molecule has 1 fully saturated rings. The first-order chi connectivity index (χ1) is 17.5. The highest BCUT2D eigenvalue weighted by Crippen LogP contribution is 2.29. The quantitative estimate of drug-likeness (QED) is 0.194. The van der Waals surface area contributed by atoms with Gasteiger partial charge < -0.3 is 14.2 Å². The van der Waals surface area contributed by atoms with E-state index in [0.29, 0.717) is 59.4 Å². The fourth-order valence-corrected chi connectivity index (χ4v) is 4.44. The number of carbonyl (C=O) groups is 1. The average molecular weight is 486 g/mol. The Bertz CT molecular complexity index is 1500. The van der Waals surface area contributed by atoms with Gasteiger partial charge in [-0.05, 0) is 30.3 Å². The highest BCUT2D eigenvalue weighted by Gasteiger charge is 2.21. The number of fused-ring (bicyclic) bond motifs is 2. The molecule has 3 aromatic carbocycles. The number of hydrogen-bond acceptors (Lipinski definition) is 7. The lowest BCUT2D eigenvalue weighted by Gasteiger charge is -2.28. The summed E-state index contributed by atoms with van der Waals surface area (Å²) in [5.74, 6) is -0.398. The van der Waals surface area contributed by atoms with Gasteiger partial charge in [0.2, 0.25) is 0 Å². The number of carbonyl (C=O) groups excluding carboxylic acids is 1. The van der Waals surface area contributed by atoms with E-state index in [1.54, 1.807) is 53.1 Å². The second-order valence-electron chi connectivity index (χ2n) is 8.35. The van der Waals surface area contributed by atoms with Gasteiger partial charge in [0.15, 0.2) is 5.43 Å². The molecule has 4 aromatic rings. The van der Waals surface area contributed by atoms with Gasteiger partial charge in [0, 0.05) is 35.5 Å². The van der Waals surface area contributed by atoms with Crippen LogP contribution in [0.15, 0.2) is 76.6 Å². The van der Waals surface area contributed by atoms with Crippen LogP contribution in [0.3, 0.4) is 0 Å². The van der Waals surface area contributed by atoms with Gasteiger partial charge in [-0.25, -0.2) is 5.43 Å². The largest absolute Gasteiger partial charge is 0.378 e. The van der Waals surface area contributed by atoms with E-state index in [-0.39, 0.29) is 17.7 Å². The van der Waals surface area contributed by atoms with Crippen molar-refractivity contribution in [2.24, 2.45) is 5.10 Å². The predicted molar refractivity (Wildman–Crippen MR) is 138 cm³/mol. The van der Waals surface area contributed by atoms with Crippen molar-refractivity contribution in [1.29, 1.82) is 0 Å². The summed E-state index contributed by atoms with van der Waals surface area (Å²) in [6, 6.07) is 19.1. The van der Waals surface area contributed by atoms with Crippen molar-refractivity contribution in [1.82, 2.24) is 9.99 Å². The lowest BCUT2D eigenvalue weighted by molar-refractivity contribution is -0.384. The Kier molecular flexibility index (Phi) is 6.42. The number of benzene rings is 3. The number of nitrogens with one attached hydrogen (secondary N) is 1. The number of pyridine rings is 1. The number of hydrazone groups is 1. The van der Waals surface area contributed by atoms with Crippen molar-refractivity contribution in [2.45, 2.75) is 6.54 Å². The minimum atomic E-state index is -0.423. The molecule has 0 saturated carbocycles. The Morgan fingerprint density at radius 2 is 1.67 bits per heavy atom. The van der Waals surface area contributed by atoms with Crippen LogP contribution in [-0.4, -0.2) is 47.9 Å². The molecule has 1 saturated heterocycles. The van der Waals surface area contributed by atoms with Gasteiger partial charge in [-0.1, -0.05) is 30.3 Å². The van der Waals surface area contributed by atoms with Gasteiger partial charge in [0.25, 0.3) is 11.6 Å². The van der Waals surface area contributed by atoms with Gasteiger partial charge in [-0.15, -0.1) is 0 Å². The van der Waals surface area contributed by atoms with Crippen LogP contribution >= 0.6 is 0 Å². The van der Waals surface area contributed by atoms with E-state index in [0.717, 1.165) is 0 Å². The number of nitro benzene ring substituents is 1. The fourth-order valence-electron chi connectivity index (χ4n) is 4.44. The molecule has 5 rings (SSSR count). The SMILES string of the molecule is O=C(Cn1c2ccccc2c(=O)c2ccccc21)N/N=C/c1ccc(N2CCOCC2)c([N+](=O)[O-])c1. The number of morpholine rings is 1. The number of ether oxygens (including phenoxy) is 1. The average Bonchev–Trinajstić information content (AvgIpc) is 2.91. The zero-order valence-electron chi connectivity index (χ0n) is 19.3. The minimum Gasteiger partial charge on any atom is -0.378 e. The van der Waals surface area contributed by atoms with Gasteiger partial charge in [0.05, 0.1) is 35.4 Å². The molecule has 36 heavy (non-hydrogen) atoms. The highest BCUT2D eigenvalue weighted by molar-refractivity contribution is 5.95. The van der Waals surface area contributed by atoms with Crippen LogP contribution in [-0.2, 0) is 16.1 Å². The maximum absolute atomic E-state index is 12.9. The van der Waals surface area contributed by atoms with Gasteiger partial charge in [0.1, 0.15) is 12.2 Å². The van der Waals surface area contributed by atoms with Crippen LogP contribution in [0.25, 0.3) is 21.8 Å². The molecule has 2 heterocycles. The van der Waals surface area contributed by atoms with Crippen LogP contribution in [0.5, 0.6) is 0 Å². The zero-order chi connectivity index (χ0) is 25.1. The normalized spacial score (nSPS) is 13.9. The first kappa shape index (κ1) is 23.2. The summed E-state index contributed by atoms with van der Waals surface area (Å²) in [4.78, 5) is 38.8. The third-order valence-electron chi connectivity index (χ3n) is 6.13. The molecular formula is C26H23N5O5. The molecule has 1 aromatic heterocycles. The molecule has 0 spiro atoms. The summed E-state index contributed by atoms with van der Waals surface area (Å²) in [7, 11) is 0. The second kappa shape index (κ2) is 9.96. The van der Waals surface area contributed by atoms with Crippen LogP contribution in [0.2, 0.25) is 0 Å². The Morgan fingerprint density at radius 3 is 2.31 bits per heavy atom.